The Morgan fingerprint density at radius 2 is 2.16 bits per heavy atom. The summed E-state index contributed by atoms with van der Waals surface area (Å²) >= 11 is 5.97. The number of para-hydroxylation sites is 1. The van der Waals surface area contributed by atoms with Crippen LogP contribution in [-0.2, 0) is 6.42 Å². The van der Waals surface area contributed by atoms with Crippen LogP contribution in [0.2, 0.25) is 0 Å². The van der Waals surface area contributed by atoms with E-state index >= 15 is 0 Å². The van der Waals surface area contributed by atoms with Crippen LogP contribution in [0.4, 0.5) is 11.7 Å². The molecule has 0 radical (unpaired) electrons. The molecule has 0 spiro atoms. The lowest BCUT2D eigenvalue weighted by Crippen LogP contribution is -2.30. The minimum Gasteiger partial charge on any atom is -0.406 e. The number of alkyl halides is 1. The predicted molar refractivity (Wildman–Crippen MR) is 74.9 cm³/mol. The zero-order valence-corrected chi connectivity index (χ0v) is 11.8. The summed E-state index contributed by atoms with van der Waals surface area (Å²) in [5, 5.41) is 7.85. The molecule has 2 unspecified atom stereocenters. The SMILES string of the molecule is CC1Cc2ccccc2N(c2nnc(C(C)Cl)o2)C1. The van der Waals surface area contributed by atoms with Crippen LogP contribution in [0.25, 0.3) is 0 Å². The van der Waals surface area contributed by atoms with Gasteiger partial charge in [0, 0.05) is 12.2 Å². The molecule has 19 heavy (non-hydrogen) atoms. The lowest BCUT2D eigenvalue weighted by Gasteiger charge is -2.31. The molecule has 0 aliphatic carbocycles. The Bertz CT molecular complexity index is 582. The molecule has 0 amide bonds. The number of benzene rings is 1. The Kier molecular flexibility index (Phi) is 3.19. The molecule has 100 valence electrons. The van der Waals surface area contributed by atoms with Gasteiger partial charge in [-0.15, -0.1) is 16.7 Å². The summed E-state index contributed by atoms with van der Waals surface area (Å²) in [6.45, 7) is 4.94. The molecule has 4 nitrogen and oxygen atoms in total. The molecule has 1 aromatic heterocycles. The summed E-state index contributed by atoms with van der Waals surface area (Å²) in [6.07, 6.45) is 1.08. The summed E-state index contributed by atoms with van der Waals surface area (Å²) in [5.74, 6) is 1.02. The lowest BCUT2D eigenvalue weighted by atomic mass is 9.94. The van der Waals surface area contributed by atoms with E-state index in [0.717, 1.165) is 18.7 Å². The van der Waals surface area contributed by atoms with Crippen molar-refractivity contribution in [2.45, 2.75) is 25.6 Å². The fourth-order valence-corrected chi connectivity index (χ4v) is 2.56. The monoisotopic (exact) mass is 277 g/mol. The highest BCUT2D eigenvalue weighted by Crippen LogP contribution is 2.35. The summed E-state index contributed by atoms with van der Waals surface area (Å²) in [7, 11) is 0. The van der Waals surface area contributed by atoms with Crippen molar-refractivity contribution < 1.29 is 4.42 Å². The van der Waals surface area contributed by atoms with Gasteiger partial charge in [0.25, 0.3) is 0 Å². The summed E-state index contributed by atoms with van der Waals surface area (Å²) < 4.78 is 5.66. The van der Waals surface area contributed by atoms with Crippen molar-refractivity contribution in [1.82, 2.24) is 10.2 Å². The fraction of sp³-hybridized carbons (Fsp3) is 0.429. The van der Waals surface area contributed by atoms with Gasteiger partial charge in [0.05, 0.1) is 0 Å². The highest BCUT2D eigenvalue weighted by molar-refractivity contribution is 6.20. The average Bonchev–Trinajstić information content (AvgIpc) is 2.87. The molecule has 0 saturated heterocycles. The van der Waals surface area contributed by atoms with Gasteiger partial charge in [0.15, 0.2) is 0 Å². The summed E-state index contributed by atoms with van der Waals surface area (Å²) in [6, 6.07) is 8.87. The van der Waals surface area contributed by atoms with E-state index < -0.39 is 0 Å². The number of hydrogen-bond donors (Lipinski definition) is 0. The molecular formula is C14H16ClN3O. The molecule has 2 atom stereocenters. The normalized spacial score (nSPS) is 20.2. The molecule has 1 aliphatic heterocycles. The van der Waals surface area contributed by atoms with Gasteiger partial charge in [-0.1, -0.05) is 30.2 Å². The van der Waals surface area contributed by atoms with Crippen molar-refractivity contribution in [3.8, 4) is 0 Å². The number of anilines is 2. The maximum atomic E-state index is 5.97. The Labute approximate surface area is 117 Å². The number of rotatable bonds is 2. The van der Waals surface area contributed by atoms with Crippen molar-refractivity contribution in [3.63, 3.8) is 0 Å². The van der Waals surface area contributed by atoms with Crippen LogP contribution in [0.1, 0.15) is 30.7 Å². The quantitative estimate of drug-likeness (QED) is 0.785. The van der Waals surface area contributed by atoms with Crippen LogP contribution < -0.4 is 4.90 Å². The molecule has 2 heterocycles. The topological polar surface area (TPSA) is 42.2 Å². The first kappa shape index (κ1) is 12.5. The van der Waals surface area contributed by atoms with Crippen LogP contribution in [-0.4, -0.2) is 16.7 Å². The third-order valence-corrected chi connectivity index (χ3v) is 3.53. The first-order chi connectivity index (χ1) is 9.15. The molecule has 5 heteroatoms. The first-order valence-corrected chi connectivity index (χ1v) is 6.91. The van der Waals surface area contributed by atoms with Gasteiger partial charge >= 0.3 is 6.01 Å². The van der Waals surface area contributed by atoms with Gasteiger partial charge in [-0.05, 0) is 30.9 Å². The predicted octanol–water partition coefficient (Wildman–Crippen LogP) is 3.70. The Morgan fingerprint density at radius 1 is 1.37 bits per heavy atom. The molecule has 0 N–H and O–H groups in total. The molecule has 0 bridgehead atoms. The molecule has 3 rings (SSSR count). The van der Waals surface area contributed by atoms with Gasteiger partial charge in [-0.3, -0.25) is 4.90 Å². The highest BCUT2D eigenvalue weighted by Gasteiger charge is 2.26. The Hall–Kier alpha value is -1.55. The molecule has 1 aliphatic rings. The zero-order valence-electron chi connectivity index (χ0n) is 11.0. The van der Waals surface area contributed by atoms with Crippen LogP contribution in [0.5, 0.6) is 0 Å². The number of fused-ring (bicyclic) bond motifs is 1. The van der Waals surface area contributed by atoms with E-state index in [-0.39, 0.29) is 5.38 Å². The third kappa shape index (κ3) is 2.32. The first-order valence-electron chi connectivity index (χ1n) is 6.48. The van der Waals surface area contributed by atoms with Crippen LogP contribution in [0.3, 0.4) is 0 Å². The van der Waals surface area contributed by atoms with Crippen molar-refractivity contribution in [3.05, 3.63) is 35.7 Å². The van der Waals surface area contributed by atoms with Crippen molar-refractivity contribution in [2.75, 3.05) is 11.4 Å². The van der Waals surface area contributed by atoms with E-state index in [4.69, 9.17) is 16.0 Å². The van der Waals surface area contributed by atoms with Crippen LogP contribution >= 0.6 is 11.6 Å². The van der Waals surface area contributed by atoms with Gasteiger partial charge in [0.1, 0.15) is 5.38 Å². The van der Waals surface area contributed by atoms with E-state index in [9.17, 15) is 0 Å². The maximum absolute atomic E-state index is 5.97. The van der Waals surface area contributed by atoms with Crippen LogP contribution in [0.15, 0.2) is 28.7 Å². The molecule has 2 aromatic rings. The minimum atomic E-state index is -0.265. The number of halogens is 1. The maximum Gasteiger partial charge on any atom is 0.322 e. The number of hydrogen-bond acceptors (Lipinski definition) is 4. The zero-order chi connectivity index (χ0) is 13.4. The van der Waals surface area contributed by atoms with Crippen LogP contribution in [0, 0.1) is 5.92 Å². The second-order valence-corrected chi connectivity index (χ2v) is 5.74. The molecular weight excluding hydrogens is 262 g/mol. The second kappa shape index (κ2) is 4.85. The molecule has 1 aromatic carbocycles. The summed E-state index contributed by atoms with van der Waals surface area (Å²) in [5.41, 5.74) is 2.47. The second-order valence-electron chi connectivity index (χ2n) is 5.09. The standard InChI is InChI=1S/C14H16ClN3O/c1-9-7-11-5-3-4-6-12(11)18(8-9)14-17-16-13(19-14)10(2)15/h3-6,9-10H,7-8H2,1-2H3. The van der Waals surface area contributed by atoms with Gasteiger partial charge in [0.2, 0.25) is 5.89 Å². The van der Waals surface area contributed by atoms with E-state index in [1.807, 2.05) is 13.0 Å². The van der Waals surface area contributed by atoms with Crippen molar-refractivity contribution in [2.24, 2.45) is 5.92 Å². The largest absolute Gasteiger partial charge is 0.406 e. The van der Waals surface area contributed by atoms with Gasteiger partial charge in [-0.25, -0.2) is 0 Å². The molecule has 0 saturated carbocycles. The Balaban J connectivity index is 2.00. The Morgan fingerprint density at radius 3 is 2.89 bits per heavy atom. The van der Waals surface area contributed by atoms with E-state index in [1.165, 1.54) is 5.56 Å². The number of aromatic nitrogens is 2. The highest BCUT2D eigenvalue weighted by atomic mass is 35.5. The average molecular weight is 278 g/mol. The van der Waals surface area contributed by atoms with E-state index in [1.54, 1.807) is 0 Å². The van der Waals surface area contributed by atoms with Crippen molar-refractivity contribution >= 4 is 23.3 Å². The van der Waals surface area contributed by atoms with Gasteiger partial charge in [-0.2, -0.15) is 0 Å². The smallest absolute Gasteiger partial charge is 0.322 e. The number of nitrogens with zero attached hydrogens (tertiary/aromatic N) is 3. The summed E-state index contributed by atoms with van der Waals surface area (Å²) in [4.78, 5) is 2.08. The van der Waals surface area contributed by atoms with E-state index in [0.29, 0.717) is 17.8 Å². The minimum absolute atomic E-state index is 0.265. The molecule has 0 fully saturated rings. The fourth-order valence-electron chi connectivity index (χ4n) is 2.47. The van der Waals surface area contributed by atoms with E-state index in [2.05, 4.69) is 40.2 Å². The third-order valence-electron chi connectivity index (χ3n) is 3.35. The lowest BCUT2D eigenvalue weighted by molar-refractivity contribution is 0.472. The van der Waals surface area contributed by atoms with Gasteiger partial charge < -0.3 is 4.42 Å². The van der Waals surface area contributed by atoms with Crippen molar-refractivity contribution in [1.29, 1.82) is 0 Å².